The zero-order valence-electron chi connectivity index (χ0n) is 11.5. The van der Waals surface area contributed by atoms with Crippen molar-refractivity contribution in [1.29, 1.82) is 0 Å². The van der Waals surface area contributed by atoms with Crippen LogP contribution in [0.4, 0.5) is 0 Å². The van der Waals surface area contributed by atoms with Gasteiger partial charge in [0.25, 0.3) is 0 Å². The third kappa shape index (κ3) is 3.67. The van der Waals surface area contributed by atoms with Crippen molar-refractivity contribution in [3.63, 3.8) is 0 Å². The summed E-state index contributed by atoms with van der Waals surface area (Å²) >= 11 is 0. The fourth-order valence-corrected chi connectivity index (χ4v) is 3.17. The van der Waals surface area contributed by atoms with E-state index in [1.165, 1.54) is 45.3 Å². The molecule has 0 bridgehead atoms. The van der Waals surface area contributed by atoms with E-state index in [9.17, 15) is 0 Å². The highest BCUT2D eigenvalue weighted by atomic mass is 16.5. The van der Waals surface area contributed by atoms with Gasteiger partial charge < -0.3 is 10.1 Å². The monoisotopic (exact) mass is 240 g/mol. The molecule has 2 aliphatic heterocycles. The van der Waals surface area contributed by atoms with Crippen molar-refractivity contribution in [1.82, 2.24) is 10.2 Å². The molecular formula is C14H28N2O. The minimum atomic E-state index is 0.691. The summed E-state index contributed by atoms with van der Waals surface area (Å²) in [5, 5.41) is 3.69. The molecule has 2 fully saturated rings. The summed E-state index contributed by atoms with van der Waals surface area (Å²) in [6.45, 7) is 10.3. The van der Waals surface area contributed by atoms with E-state index < -0.39 is 0 Å². The quantitative estimate of drug-likeness (QED) is 0.812. The van der Waals surface area contributed by atoms with E-state index in [0.717, 1.165) is 19.1 Å². The molecule has 3 unspecified atom stereocenters. The molecule has 3 nitrogen and oxygen atoms in total. The van der Waals surface area contributed by atoms with Crippen LogP contribution in [0.25, 0.3) is 0 Å². The molecule has 0 spiro atoms. The molecule has 100 valence electrons. The second-order valence-electron chi connectivity index (χ2n) is 5.65. The van der Waals surface area contributed by atoms with Crippen LogP contribution in [0.15, 0.2) is 0 Å². The van der Waals surface area contributed by atoms with Crippen molar-refractivity contribution >= 4 is 0 Å². The van der Waals surface area contributed by atoms with E-state index in [4.69, 9.17) is 4.74 Å². The Labute approximate surface area is 106 Å². The van der Waals surface area contributed by atoms with E-state index in [0.29, 0.717) is 12.1 Å². The second-order valence-corrected chi connectivity index (χ2v) is 5.65. The molecular weight excluding hydrogens is 212 g/mol. The Hall–Kier alpha value is -0.120. The van der Waals surface area contributed by atoms with Crippen molar-refractivity contribution in [3.05, 3.63) is 0 Å². The summed E-state index contributed by atoms with van der Waals surface area (Å²) in [4.78, 5) is 2.69. The molecule has 0 aromatic heterocycles. The lowest BCUT2D eigenvalue weighted by Crippen LogP contribution is -2.44. The van der Waals surface area contributed by atoms with Crippen LogP contribution >= 0.6 is 0 Å². The van der Waals surface area contributed by atoms with Crippen molar-refractivity contribution in [2.75, 3.05) is 32.8 Å². The molecule has 0 aliphatic carbocycles. The van der Waals surface area contributed by atoms with Crippen LogP contribution in [-0.2, 0) is 4.74 Å². The minimum Gasteiger partial charge on any atom is -0.381 e. The van der Waals surface area contributed by atoms with Gasteiger partial charge in [0.1, 0.15) is 0 Å². The molecule has 0 saturated carbocycles. The molecule has 2 rings (SSSR count). The fraction of sp³-hybridized carbons (Fsp3) is 1.00. The van der Waals surface area contributed by atoms with Gasteiger partial charge >= 0.3 is 0 Å². The molecule has 17 heavy (non-hydrogen) atoms. The standard InChI is InChI=1S/C14H28N2O/c1-3-5-14-10-16(8-4-7-15-14)12(2)13-6-9-17-11-13/h12-15H,3-11H2,1-2H3. The van der Waals surface area contributed by atoms with Gasteiger partial charge in [0, 0.05) is 25.2 Å². The predicted octanol–water partition coefficient (Wildman–Crippen LogP) is 1.88. The molecule has 1 N–H and O–H groups in total. The maximum Gasteiger partial charge on any atom is 0.0509 e. The van der Waals surface area contributed by atoms with Crippen LogP contribution in [-0.4, -0.2) is 49.8 Å². The minimum absolute atomic E-state index is 0.691. The van der Waals surface area contributed by atoms with E-state index in [1.54, 1.807) is 0 Å². The van der Waals surface area contributed by atoms with Crippen LogP contribution in [0.5, 0.6) is 0 Å². The van der Waals surface area contributed by atoms with Gasteiger partial charge in [-0.3, -0.25) is 4.90 Å². The Bertz CT molecular complexity index is 216. The van der Waals surface area contributed by atoms with Crippen LogP contribution in [0.1, 0.15) is 39.5 Å². The molecule has 0 radical (unpaired) electrons. The normalized spacial score (nSPS) is 33.5. The average molecular weight is 240 g/mol. The maximum atomic E-state index is 5.53. The largest absolute Gasteiger partial charge is 0.381 e. The van der Waals surface area contributed by atoms with Gasteiger partial charge in [-0.15, -0.1) is 0 Å². The fourth-order valence-electron chi connectivity index (χ4n) is 3.17. The predicted molar refractivity (Wildman–Crippen MR) is 71.3 cm³/mol. The van der Waals surface area contributed by atoms with Gasteiger partial charge in [0.05, 0.1) is 6.61 Å². The number of nitrogens with one attached hydrogen (secondary N) is 1. The van der Waals surface area contributed by atoms with E-state index >= 15 is 0 Å². The third-order valence-corrected chi connectivity index (χ3v) is 4.37. The summed E-state index contributed by atoms with van der Waals surface area (Å²) < 4.78 is 5.53. The van der Waals surface area contributed by atoms with Gasteiger partial charge in [-0.1, -0.05) is 13.3 Å². The molecule has 0 amide bonds. The number of ether oxygens (including phenoxy) is 1. The highest BCUT2D eigenvalue weighted by Crippen LogP contribution is 2.22. The molecule has 3 atom stereocenters. The van der Waals surface area contributed by atoms with E-state index in [1.807, 2.05) is 0 Å². The van der Waals surface area contributed by atoms with Crippen molar-refractivity contribution in [2.45, 2.75) is 51.6 Å². The first kappa shape index (κ1) is 13.3. The Morgan fingerprint density at radius 1 is 1.47 bits per heavy atom. The molecule has 2 heterocycles. The lowest BCUT2D eigenvalue weighted by Gasteiger charge is -2.33. The van der Waals surface area contributed by atoms with Crippen molar-refractivity contribution in [3.8, 4) is 0 Å². The molecule has 0 aromatic rings. The lowest BCUT2D eigenvalue weighted by atomic mass is 9.98. The van der Waals surface area contributed by atoms with Crippen molar-refractivity contribution < 1.29 is 4.74 Å². The Morgan fingerprint density at radius 3 is 3.06 bits per heavy atom. The number of nitrogens with zero attached hydrogens (tertiary/aromatic N) is 1. The van der Waals surface area contributed by atoms with Crippen LogP contribution in [0.3, 0.4) is 0 Å². The average Bonchev–Trinajstić information content (AvgIpc) is 2.76. The van der Waals surface area contributed by atoms with E-state index in [-0.39, 0.29) is 0 Å². The SMILES string of the molecule is CCCC1CN(C(C)C2CCOC2)CCCN1. The summed E-state index contributed by atoms with van der Waals surface area (Å²) in [7, 11) is 0. The smallest absolute Gasteiger partial charge is 0.0509 e. The van der Waals surface area contributed by atoms with Gasteiger partial charge in [0.15, 0.2) is 0 Å². The molecule has 0 aromatic carbocycles. The highest BCUT2D eigenvalue weighted by Gasteiger charge is 2.29. The van der Waals surface area contributed by atoms with Gasteiger partial charge in [-0.2, -0.15) is 0 Å². The zero-order valence-corrected chi connectivity index (χ0v) is 11.5. The number of rotatable bonds is 4. The van der Waals surface area contributed by atoms with Gasteiger partial charge in [0.2, 0.25) is 0 Å². The number of hydrogen-bond acceptors (Lipinski definition) is 3. The Morgan fingerprint density at radius 2 is 2.35 bits per heavy atom. The molecule has 2 aliphatic rings. The first-order valence-corrected chi connectivity index (χ1v) is 7.36. The Kier molecular flexibility index (Phi) is 5.26. The topological polar surface area (TPSA) is 24.5 Å². The first-order valence-electron chi connectivity index (χ1n) is 7.36. The highest BCUT2D eigenvalue weighted by molar-refractivity contribution is 4.84. The van der Waals surface area contributed by atoms with Crippen LogP contribution < -0.4 is 5.32 Å². The van der Waals surface area contributed by atoms with E-state index in [2.05, 4.69) is 24.1 Å². The lowest BCUT2D eigenvalue weighted by molar-refractivity contribution is 0.125. The Balaban J connectivity index is 1.88. The summed E-state index contributed by atoms with van der Waals surface area (Å²) in [6.07, 6.45) is 5.14. The maximum absolute atomic E-state index is 5.53. The molecule has 2 saturated heterocycles. The van der Waals surface area contributed by atoms with Crippen LogP contribution in [0, 0.1) is 5.92 Å². The number of hydrogen-bond donors (Lipinski definition) is 1. The first-order chi connectivity index (χ1) is 8.31. The van der Waals surface area contributed by atoms with Gasteiger partial charge in [-0.25, -0.2) is 0 Å². The zero-order chi connectivity index (χ0) is 12.1. The summed E-state index contributed by atoms with van der Waals surface area (Å²) in [5.41, 5.74) is 0. The molecule has 3 heteroatoms. The van der Waals surface area contributed by atoms with Crippen LogP contribution in [0.2, 0.25) is 0 Å². The summed E-state index contributed by atoms with van der Waals surface area (Å²) in [6, 6.07) is 1.39. The van der Waals surface area contributed by atoms with Gasteiger partial charge in [-0.05, 0) is 45.2 Å². The second kappa shape index (κ2) is 6.72. The third-order valence-electron chi connectivity index (χ3n) is 4.37. The summed E-state index contributed by atoms with van der Waals surface area (Å²) in [5.74, 6) is 0.760. The van der Waals surface area contributed by atoms with Crippen molar-refractivity contribution in [2.24, 2.45) is 5.92 Å².